The maximum atomic E-state index is 10.5. The molecule has 0 atom stereocenters. The summed E-state index contributed by atoms with van der Waals surface area (Å²) in [6.07, 6.45) is 1.44. The van der Waals surface area contributed by atoms with E-state index >= 15 is 0 Å². The molecule has 0 N–H and O–H groups in total. The minimum absolute atomic E-state index is 0.181. The zero-order valence-corrected chi connectivity index (χ0v) is 5.54. The molecule has 6 heteroatoms. The first kappa shape index (κ1) is 5.60. The predicted molar refractivity (Wildman–Crippen MR) is 30.6 cm³/mol. The number of aromatic nitrogens is 1. The molecule has 1 aliphatic rings. The Bertz CT molecular complexity index is 325. The molecule has 0 fully saturated rings. The summed E-state index contributed by atoms with van der Waals surface area (Å²) in [6.45, 7) is 0. The van der Waals surface area contributed by atoms with E-state index in [1.54, 1.807) is 6.07 Å². The second-order valence-corrected chi connectivity index (χ2v) is 2.87. The molecule has 2 rings (SSSR count). The summed E-state index contributed by atoms with van der Waals surface area (Å²) in [4.78, 5) is 0. The van der Waals surface area contributed by atoms with Crippen LogP contribution in [0, 0.1) is 0 Å². The van der Waals surface area contributed by atoms with E-state index in [1.807, 2.05) is 0 Å². The average molecular weight is 161 g/mol. The van der Waals surface area contributed by atoms with E-state index in [2.05, 4.69) is 8.47 Å². The van der Waals surface area contributed by atoms with Crippen molar-refractivity contribution in [2.75, 3.05) is 0 Å². The van der Waals surface area contributed by atoms with E-state index in [0.717, 1.165) is 4.73 Å². The molecule has 0 bridgehead atoms. The van der Waals surface area contributed by atoms with Crippen LogP contribution < -0.4 is 8.47 Å². The molecular formula is C4H3NO4S. The molecule has 0 radical (unpaired) electrons. The van der Waals surface area contributed by atoms with Crippen LogP contribution >= 0.6 is 0 Å². The van der Waals surface area contributed by atoms with Crippen molar-refractivity contribution in [1.29, 1.82) is 0 Å². The summed E-state index contributed by atoms with van der Waals surface area (Å²) >= 11 is 0. The van der Waals surface area contributed by atoms with Crippen molar-refractivity contribution in [3.63, 3.8) is 0 Å². The van der Waals surface area contributed by atoms with Gasteiger partial charge in [-0.2, -0.15) is 0 Å². The molecule has 0 saturated carbocycles. The summed E-state index contributed by atoms with van der Waals surface area (Å²) in [7, 11) is -3.80. The van der Waals surface area contributed by atoms with E-state index in [4.69, 9.17) is 0 Å². The van der Waals surface area contributed by atoms with Crippen molar-refractivity contribution >= 4 is 10.4 Å². The monoisotopic (exact) mass is 161 g/mol. The summed E-state index contributed by atoms with van der Waals surface area (Å²) in [5.41, 5.74) is 0. The molecule has 2 heterocycles. The summed E-state index contributed by atoms with van der Waals surface area (Å²) in [5.74, 6) is 0.181. The Balaban J connectivity index is 2.56. The summed E-state index contributed by atoms with van der Waals surface area (Å²) < 4.78 is 30.7. The Hall–Kier alpha value is -1.17. The van der Waals surface area contributed by atoms with Gasteiger partial charge in [-0.15, -0.1) is 13.1 Å². The highest BCUT2D eigenvalue weighted by Crippen LogP contribution is 2.18. The molecule has 0 spiro atoms. The van der Waals surface area contributed by atoms with E-state index < -0.39 is 10.4 Å². The van der Waals surface area contributed by atoms with Gasteiger partial charge in [-0.1, -0.05) is 0 Å². The highest BCUT2D eigenvalue weighted by Gasteiger charge is 2.26. The van der Waals surface area contributed by atoms with Crippen LogP contribution in [0.4, 0.5) is 0 Å². The topological polar surface area (TPSA) is 57.5 Å². The van der Waals surface area contributed by atoms with E-state index in [9.17, 15) is 8.42 Å². The Labute approximate surface area is 57.1 Å². The molecule has 1 aliphatic heterocycles. The van der Waals surface area contributed by atoms with Gasteiger partial charge in [0.1, 0.15) is 0 Å². The number of rotatable bonds is 0. The second-order valence-electron chi connectivity index (χ2n) is 1.74. The van der Waals surface area contributed by atoms with E-state index in [1.165, 1.54) is 12.3 Å². The average Bonchev–Trinajstić information content (AvgIpc) is 2.20. The zero-order chi connectivity index (χ0) is 7.19. The van der Waals surface area contributed by atoms with E-state index in [0.29, 0.717) is 0 Å². The third kappa shape index (κ3) is 0.655. The van der Waals surface area contributed by atoms with Gasteiger partial charge in [0, 0.05) is 12.3 Å². The first-order valence-corrected chi connectivity index (χ1v) is 3.82. The molecule has 10 heavy (non-hydrogen) atoms. The molecular weight excluding hydrogens is 158 g/mol. The molecule has 5 nitrogen and oxygen atoms in total. The van der Waals surface area contributed by atoms with Crippen molar-refractivity contribution in [3.8, 4) is 5.88 Å². The Morgan fingerprint density at radius 2 is 2.30 bits per heavy atom. The molecule has 1 aromatic rings. The van der Waals surface area contributed by atoms with Crippen molar-refractivity contribution in [3.05, 3.63) is 18.3 Å². The molecule has 54 valence electrons. The van der Waals surface area contributed by atoms with Crippen LogP contribution in [0.15, 0.2) is 18.3 Å². The van der Waals surface area contributed by atoms with Crippen LogP contribution in [0.1, 0.15) is 0 Å². The van der Waals surface area contributed by atoms with Crippen LogP contribution in [0.2, 0.25) is 0 Å². The summed E-state index contributed by atoms with van der Waals surface area (Å²) in [5, 5.41) is 0. The zero-order valence-electron chi connectivity index (χ0n) is 4.72. The van der Waals surface area contributed by atoms with Crippen molar-refractivity contribution in [2.24, 2.45) is 0 Å². The minimum atomic E-state index is -3.80. The molecule has 0 unspecified atom stereocenters. The van der Waals surface area contributed by atoms with Gasteiger partial charge in [0.05, 0.1) is 0 Å². The lowest BCUT2D eigenvalue weighted by molar-refractivity contribution is 0.300. The van der Waals surface area contributed by atoms with Crippen LogP contribution in [0.5, 0.6) is 5.88 Å². The lowest BCUT2D eigenvalue weighted by Crippen LogP contribution is -2.13. The molecule has 0 saturated heterocycles. The van der Waals surface area contributed by atoms with Crippen molar-refractivity contribution < 1.29 is 16.9 Å². The SMILES string of the molecule is O=S1(=O)Oc2cccn2O1. The van der Waals surface area contributed by atoms with Crippen molar-refractivity contribution in [1.82, 2.24) is 4.73 Å². The second kappa shape index (κ2) is 1.46. The smallest absolute Gasteiger partial charge is 0.329 e. The van der Waals surface area contributed by atoms with Gasteiger partial charge >= 0.3 is 10.4 Å². The Morgan fingerprint density at radius 3 is 3.00 bits per heavy atom. The lowest BCUT2D eigenvalue weighted by atomic mass is 10.7. The largest absolute Gasteiger partial charge is 0.522 e. The fourth-order valence-electron chi connectivity index (χ4n) is 0.695. The quantitative estimate of drug-likeness (QED) is 0.517. The first-order valence-electron chi connectivity index (χ1n) is 2.49. The van der Waals surface area contributed by atoms with Gasteiger partial charge < -0.3 is 4.18 Å². The number of hydrogen-bond acceptors (Lipinski definition) is 4. The third-order valence-corrected chi connectivity index (χ3v) is 1.75. The van der Waals surface area contributed by atoms with Gasteiger partial charge in [-0.05, 0) is 6.07 Å². The Kier molecular flexibility index (Phi) is 0.817. The number of nitrogens with zero attached hydrogens (tertiary/aromatic N) is 1. The van der Waals surface area contributed by atoms with Crippen LogP contribution in [-0.2, 0) is 10.4 Å². The standard InChI is InChI=1S/C4H3NO4S/c6-10(7)8-4-2-1-3-5(4)9-10/h1-3H. The highest BCUT2D eigenvalue weighted by molar-refractivity contribution is 7.82. The number of fused-ring (bicyclic) bond motifs is 1. The van der Waals surface area contributed by atoms with Crippen molar-refractivity contribution in [2.45, 2.75) is 0 Å². The lowest BCUT2D eigenvalue weighted by Gasteiger charge is -1.88. The normalized spacial score (nSPS) is 19.2. The Morgan fingerprint density at radius 1 is 1.50 bits per heavy atom. The highest BCUT2D eigenvalue weighted by atomic mass is 32.3. The molecule has 1 aromatic heterocycles. The summed E-state index contributed by atoms with van der Waals surface area (Å²) in [6, 6.07) is 3.11. The predicted octanol–water partition coefficient (Wildman–Crippen LogP) is -0.446. The minimum Gasteiger partial charge on any atom is -0.329 e. The maximum Gasteiger partial charge on any atom is 0.522 e. The van der Waals surface area contributed by atoms with Gasteiger partial charge in [-0.3, -0.25) is 4.28 Å². The van der Waals surface area contributed by atoms with Gasteiger partial charge in [-0.25, -0.2) is 0 Å². The third-order valence-electron chi connectivity index (χ3n) is 1.04. The van der Waals surface area contributed by atoms with Crippen LogP contribution in [0.3, 0.4) is 0 Å². The van der Waals surface area contributed by atoms with Crippen LogP contribution in [0.25, 0.3) is 0 Å². The van der Waals surface area contributed by atoms with E-state index in [-0.39, 0.29) is 5.88 Å². The molecule has 0 aromatic carbocycles. The fourth-order valence-corrected chi connectivity index (χ4v) is 1.38. The fraction of sp³-hybridized carbons (Fsp3) is 0. The van der Waals surface area contributed by atoms with Crippen LogP contribution in [-0.4, -0.2) is 13.1 Å². The number of hydrogen-bond donors (Lipinski definition) is 0. The first-order chi connectivity index (χ1) is 4.67. The van der Waals surface area contributed by atoms with Gasteiger partial charge in [0.15, 0.2) is 0 Å². The molecule has 0 amide bonds. The van der Waals surface area contributed by atoms with Gasteiger partial charge in [0.25, 0.3) is 5.88 Å². The van der Waals surface area contributed by atoms with Gasteiger partial charge in [0.2, 0.25) is 0 Å². The molecule has 0 aliphatic carbocycles. The maximum absolute atomic E-state index is 10.5.